The zero-order valence-electron chi connectivity index (χ0n) is 13.7. The van der Waals surface area contributed by atoms with Gasteiger partial charge in [0.2, 0.25) is 5.91 Å². The van der Waals surface area contributed by atoms with Crippen LogP contribution in [0.3, 0.4) is 0 Å². The second kappa shape index (κ2) is 14.2. The Bertz CT molecular complexity index is 349. The number of hydrogen-bond donors (Lipinski definition) is 4. The second-order valence-corrected chi connectivity index (χ2v) is 5.47. The van der Waals surface area contributed by atoms with E-state index in [1.54, 1.807) is 0 Å². The molecule has 0 fully saturated rings. The molecule has 7 heteroatoms. The fraction of sp³-hybridized carbons (Fsp3) is 0.750. The number of carboxylic acids is 1. The lowest BCUT2D eigenvalue weighted by molar-refractivity contribution is -0.142. The van der Waals surface area contributed by atoms with Gasteiger partial charge in [-0.3, -0.25) is 14.5 Å². The van der Waals surface area contributed by atoms with Crippen LogP contribution in [0.15, 0.2) is 12.7 Å². The number of aliphatic hydroxyl groups is 2. The van der Waals surface area contributed by atoms with Crippen LogP contribution in [0, 0.1) is 0 Å². The van der Waals surface area contributed by atoms with Crippen LogP contribution < -0.4 is 5.32 Å². The SMILES string of the molecule is C=CCCCCCCCC(=O)NCCN(CC(=O)O)C(O)CO. The predicted molar refractivity (Wildman–Crippen MR) is 87.8 cm³/mol. The van der Waals surface area contributed by atoms with E-state index in [0.29, 0.717) is 6.42 Å². The number of carbonyl (C=O) groups excluding carboxylic acids is 1. The number of hydrogen-bond acceptors (Lipinski definition) is 5. The minimum absolute atomic E-state index is 0.0788. The van der Waals surface area contributed by atoms with E-state index < -0.39 is 18.8 Å². The number of carboxylic acid groups (broad SMARTS) is 1. The summed E-state index contributed by atoms with van der Waals surface area (Å²) in [4.78, 5) is 23.5. The molecule has 0 spiro atoms. The highest BCUT2D eigenvalue weighted by Gasteiger charge is 2.17. The van der Waals surface area contributed by atoms with Gasteiger partial charge >= 0.3 is 5.97 Å². The monoisotopic (exact) mass is 330 g/mol. The molecule has 4 N–H and O–H groups in total. The summed E-state index contributed by atoms with van der Waals surface area (Å²) >= 11 is 0. The molecule has 7 nitrogen and oxygen atoms in total. The van der Waals surface area contributed by atoms with Crippen molar-refractivity contribution in [2.45, 2.75) is 51.2 Å². The summed E-state index contributed by atoms with van der Waals surface area (Å²) in [6.07, 6.45) is 7.40. The van der Waals surface area contributed by atoms with Gasteiger partial charge in [0.05, 0.1) is 13.2 Å². The third kappa shape index (κ3) is 12.8. The van der Waals surface area contributed by atoms with E-state index in [4.69, 9.17) is 10.2 Å². The molecule has 0 aromatic heterocycles. The van der Waals surface area contributed by atoms with Gasteiger partial charge in [0.1, 0.15) is 6.23 Å². The number of amides is 1. The molecule has 0 saturated heterocycles. The van der Waals surface area contributed by atoms with Crippen LogP contribution in [0.25, 0.3) is 0 Å². The summed E-state index contributed by atoms with van der Waals surface area (Å²) in [5, 5.41) is 29.8. The van der Waals surface area contributed by atoms with Gasteiger partial charge in [0.15, 0.2) is 0 Å². The van der Waals surface area contributed by atoms with E-state index in [2.05, 4.69) is 11.9 Å². The normalized spacial score (nSPS) is 12.1. The van der Waals surface area contributed by atoms with Crippen LogP contribution in [0.1, 0.15) is 44.9 Å². The Morgan fingerprint density at radius 2 is 1.83 bits per heavy atom. The quantitative estimate of drug-likeness (QED) is 0.200. The first-order valence-electron chi connectivity index (χ1n) is 8.13. The van der Waals surface area contributed by atoms with Crippen LogP contribution in [-0.2, 0) is 9.59 Å². The van der Waals surface area contributed by atoms with Gasteiger partial charge in [-0.05, 0) is 19.3 Å². The molecule has 23 heavy (non-hydrogen) atoms. The molecule has 134 valence electrons. The molecule has 0 heterocycles. The maximum atomic E-state index is 11.7. The summed E-state index contributed by atoms with van der Waals surface area (Å²) in [6, 6.07) is 0. The largest absolute Gasteiger partial charge is 0.480 e. The van der Waals surface area contributed by atoms with E-state index in [-0.39, 0.29) is 25.5 Å². The molecule has 1 unspecified atom stereocenters. The molecule has 0 aliphatic rings. The Hall–Kier alpha value is -1.44. The number of unbranched alkanes of at least 4 members (excludes halogenated alkanes) is 5. The lowest BCUT2D eigenvalue weighted by Gasteiger charge is -2.24. The van der Waals surface area contributed by atoms with E-state index in [1.165, 1.54) is 4.90 Å². The van der Waals surface area contributed by atoms with Gasteiger partial charge in [-0.1, -0.05) is 25.3 Å². The minimum Gasteiger partial charge on any atom is -0.480 e. The predicted octanol–water partition coefficient (Wildman–Crippen LogP) is 0.717. The number of aliphatic carboxylic acids is 1. The molecular formula is C16H30N2O5. The standard InChI is InChI=1S/C16H30N2O5/c1-2-3-4-5-6-7-8-9-14(20)17-10-11-18(12-16(22)23)15(21)13-19/h2,15,19,21H,1,3-13H2,(H,17,20)(H,22,23). The van der Waals surface area contributed by atoms with E-state index >= 15 is 0 Å². The Morgan fingerprint density at radius 3 is 2.43 bits per heavy atom. The van der Waals surface area contributed by atoms with Crippen LogP contribution in [0.5, 0.6) is 0 Å². The molecule has 0 aromatic rings. The van der Waals surface area contributed by atoms with Crippen molar-refractivity contribution in [3.05, 3.63) is 12.7 Å². The third-order valence-corrected chi connectivity index (χ3v) is 3.46. The van der Waals surface area contributed by atoms with E-state index in [0.717, 1.165) is 38.5 Å². The molecule has 0 radical (unpaired) electrons. The minimum atomic E-state index is -1.24. The van der Waals surface area contributed by atoms with Gasteiger partial charge in [-0.15, -0.1) is 6.58 Å². The van der Waals surface area contributed by atoms with Gasteiger partial charge in [0, 0.05) is 19.5 Å². The molecule has 0 aromatic carbocycles. The van der Waals surface area contributed by atoms with Crippen LogP contribution in [0.4, 0.5) is 0 Å². The van der Waals surface area contributed by atoms with Crippen molar-refractivity contribution in [2.24, 2.45) is 0 Å². The first-order chi connectivity index (χ1) is 11.0. The van der Waals surface area contributed by atoms with Crippen molar-refractivity contribution in [3.8, 4) is 0 Å². The molecule has 0 rings (SSSR count). The van der Waals surface area contributed by atoms with E-state index in [9.17, 15) is 14.7 Å². The van der Waals surface area contributed by atoms with Gasteiger partial charge in [-0.25, -0.2) is 0 Å². The fourth-order valence-electron chi connectivity index (χ4n) is 2.15. The van der Waals surface area contributed by atoms with Crippen LogP contribution in [-0.4, -0.2) is 64.6 Å². The first kappa shape index (κ1) is 21.6. The zero-order valence-corrected chi connectivity index (χ0v) is 13.7. The van der Waals surface area contributed by atoms with Crippen molar-refractivity contribution in [3.63, 3.8) is 0 Å². The summed E-state index contributed by atoms with van der Waals surface area (Å²) in [7, 11) is 0. The summed E-state index contributed by atoms with van der Waals surface area (Å²) in [5.41, 5.74) is 0. The molecule has 0 bridgehead atoms. The van der Waals surface area contributed by atoms with Crippen molar-refractivity contribution < 1.29 is 24.9 Å². The molecule has 1 amide bonds. The number of nitrogens with one attached hydrogen (secondary N) is 1. The molecular weight excluding hydrogens is 300 g/mol. The maximum absolute atomic E-state index is 11.7. The number of nitrogens with zero attached hydrogens (tertiary/aromatic N) is 1. The highest BCUT2D eigenvalue weighted by atomic mass is 16.4. The highest BCUT2D eigenvalue weighted by Crippen LogP contribution is 2.07. The Balaban J connectivity index is 3.74. The smallest absolute Gasteiger partial charge is 0.317 e. The molecule has 0 aliphatic heterocycles. The lowest BCUT2D eigenvalue weighted by Crippen LogP contribution is -2.45. The number of rotatable bonds is 15. The average Bonchev–Trinajstić information content (AvgIpc) is 2.52. The summed E-state index contributed by atoms with van der Waals surface area (Å²) in [6.45, 7) is 3.14. The lowest BCUT2D eigenvalue weighted by atomic mass is 10.1. The molecule has 0 saturated carbocycles. The second-order valence-electron chi connectivity index (χ2n) is 5.47. The third-order valence-electron chi connectivity index (χ3n) is 3.46. The van der Waals surface area contributed by atoms with Crippen molar-refractivity contribution in [2.75, 3.05) is 26.2 Å². The van der Waals surface area contributed by atoms with Crippen molar-refractivity contribution in [1.29, 1.82) is 0 Å². The van der Waals surface area contributed by atoms with E-state index in [1.807, 2.05) is 6.08 Å². The number of allylic oxidation sites excluding steroid dienone is 1. The number of carbonyl (C=O) groups is 2. The van der Waals surface area contributed by atoms with Gasteiger partial charge < -0.3 is 20.6 Å². The number of aliphatic hydroxyl groups excluding tert-OH is 2. The average molecular weight is 330 g/mol. The van der Waals surface area contributed by atoms with Gasteiger partial charge in [0.25, 0.3) is 0 Å². The van der Waals surface area contributed by atoms with Gasteiger partial charge in [-0.2, -0.15) is 0 Å². The first-order valence-corrected chi connectivity index (χ1v) is 8.13. The maximum Gasteiger partial charge on any atom is 0.317 e. The summed E-state index contributed by atoms with van der Waals surface area (Å²) in [5.74, 6) is -1.18. The topological polar surface area (TPSA) is 110 Å². The highest BCUT2D eigenvalue weighted by molar-refractivity contribution is 5.75. The Morgan fingerprint density at radius 1 is 1.17 bits per heavy atom. The Kier molecular flexibility index (Phi) is 13.3. The van der Waals surface area contributed by atoms with Crippen molar-refractivity contribution in [1.82, 2.24) is 10.2 Å². The zero-order chi connectivity index (χ0) is 17.5. The summed E-state index contributed by atoms with van der Waals surface area (Å²) < 4.78 is 0. The fourth-order valence-corrected chi connectivity index (χ4v) is 2.15. The molecule has 1 atom stereocenters. The Labute approximate surface area is 138 Å². The van der Waals surface area contributed by atoms with Crippen LogP contribution in [0.2, 0.25) is 0 Å². The van der Waals surface area contributed by atoms with Crippen molar-refractivity contribution >= 4 is 11.9 Å². The van der Waals surface area contributed by atoms with Crippen LogP contribution >= 0.6 is 0 Å². The molecule has 0 aliphatic carbocycles.